The Labute approximate surface area is 97.9 Å². The van der Waals surface area contributed by atoms with Gasteiger partial charge in [0.25, 0.3) is 0 Å². The number of aromatic nitrogens is 2. The molecule has 0 unspecified atom stereocenters. The van der Waals surface area contributed by atoms with E-state index in [0.717, 1.165) is 6.33 Å². The fourth-order valence-electron chi connectivity index (χ4n) is 1.37. The third-order valence-electron chi connectivity index (χ3n) is 2.04. The van der Waals surface area contributed by atoms with Crippen molar-refractivity contribution in [2.75, 3.05) is 0 Å². The van der Waals surface area contributed by atoms with E-state index in [1.54, 1.807) is 30.3 Å². The molecule has 0 aliphatic heterocycles. The molecule has 84 valence electrons. The molecule has 0 spiro atoms. The van der Waals surface area contributed by atoms with E-state index in [-0.39, 0.29) is 14.9 Å². The third kappa shape index (κ3) is 1.97. The molecule has 2 nitrogen and oxygen atoms in total. The summed E-state index contributed by atoms with van der Waals surface area (Å²) < 4.78 is 38.3. The molecular weight excluding hydrogens is 285 g/mol. The Morgan fingerprint density at radius 2 is 1.75 bits per heavy atom. The summed E-state index contributed by atoms with van der Waals surface area (Å²) in [5.41, 5.74) is 0.470. The number of hydrogen-bond donors (Lipinski definition) is 0. The molecule has 0 fully saturated rings. The normalized spacial score (nSPS) is 11.8. The Bertz CT molecular complexity index is 491. The quantitative estimate of drug-likeness (QED) is 0.781. The van der Waals surface area contributed by atoms with Gasteiger partial charge in [-0.15, -0.1) is 13.2 Å². The minimum atomic E-state index is -4.47. The molecule has 0 atom stereocenters. The third-order valence-corrected chi connectivity index (χ3v) is 2.62. The number of benzene rings is 1. The van der Waals surface area contributed by atoms with Crippen LogP contribution in [0.1, 0.15) is 0 Å². The zero-order chi connectivity index (χ0) is 11.8. The van der Waals surface area contributed by atoms with Gasteiger partial charge in [-0.1, -0.05) is 30.3 Å². The first-order valence-electron chi connectivity index (χ1n) is 4.35. The van der Waals surface area contributed by atoms with E-state index in [4.69, 9.17) is 0 Å². The summed E-state index contributed by atoms with van der Waals surface area (Å²) in [6.45, 7) is 0. The van der Waals surface area contributed by atoms with Crippen molar-refractivity contribution in [1.29, 1.82) is 0 Å². The van der Waals surface area contributed by atoms with E-state index in [9.17, 15) is 13.2 Å². The van der Waals surface area contributed by atoms with Gasteiger partial charge in [0, 0.05) is 5.56 Å². The van der Waals surface area contributed by atoms with Crippen molar-refractivity contribution in [2.24, 2.45) is 0 Å². The van der Waals surface area contributed by atoms with Crippen LogP contribution in [0.5, 0.6) is 0 Å². The average Bonchev–Trinajstić information content (AvgIpc) is 2.61. The van der Waals surface area contributed by atoms with Crippen LogP contribution in [0.2, 0.25) is 0 Å². The van der Waals surface area contributed by atoms with Crippen LogP contribution in [0.15, 0.2) is 41.3 Å². The summed E-state index contributed by atoms with van der Waals surface area (Å²) in [6.07, 6.45) is -3.71. The van der Waals surface area contributed by atoms with E-state index in [2.05, 4.69) is 20.9 Å². The largest absolute Gasteiger partial charge is 0.490 e. The van der Waals surface area contributed by atoms with Crippen molar-refractivity contribution in [3.63, 3.8) is 0 Å². The van der Waals surface area contributed by atoms with Gasteiger partial charge in [0.05, 0.1) is 5.69 Å². The highest BCUT2D eigenvalue weighted by Gasteiger charge is 2.34. The van der Waals surface area contributed by atoms with Crippen LogP contribution in [0.3, 0.4) is 0 Å². The summed E-state index contributed by atoms with van der Waals surface area (Å²) in [5, 5.41) is 0. The minimum absolute atomic E-state index is 0.00750. The van der Waals surface area contributed by atoms with Crippen LogP contribution in [0.4, 0.5) is 13.2 Å². The molecular formula is C10H6BrF3N2. The van der Waals surface area contributed by atoms with Crippen LogP contribution in [-0.2, 0) is 6.30 Å². The lowest BCUT2D eigenvalue weighted by molar-refractivity contribution is -0.202. The van der Waals surface area contributed by atoms with Gasteiger partial charge >= 0.3 is 6.30 Å². The topological polar surface area (TPSA) is 17.8 Å². The lowest BCUT2D eigenvalue weighted by Gasteiger charge is -2.11. The molecule has 0 amide bonds. The van der Waals surface area contributed by atoms with Crippen molar-refractivity contribution < 1.29 is 13.2 Å². The molecule has 0 saturated carbocycles. The monoisotopic (exact) mass is 290 g/mol. The average molecular weight is 291 g/mol. The first-order valence-corrected chi connectivity index (χ1v) is 5.15. The second-order valence-electron chi connectivity index (χ2n) is 3.09. The molecule has 0 N–H and O–H groups in total. The Kier molecular flexibility index (Phi) is 2.75. The highest BCUT2D eigenvalue weighted by Crippen LogP contribution is 2.34. The maximum Gasteiger partial charge on any atom is 0.490 e. The molecule has 1 heterocycles. The van der Waals surface area contributed by atoms with Crippen LogP contribution in [-0.4, -0.2) is 9.55 Å². The highest BCUT2D eigenvalue weighted by molar-refractivity contribution is 9.10. The van der Waals surface area contributed by atoms with Gasteiger partial charge in [-0.25, -0.2) is 9.55 Å². The molecule has 1 aromatic carbocycles. The van der Waals surface area contributed by atoms with E-state index in [0.29, 0.717) is 5.56 Å². The van der Waals surface area contributed by atoms with E-state index >= 15 is 0 Å². The van der Waals surface area contributed by atoms with Crippen LogP contribution in [0, 0.1) is 0 Å². The maximum atomic E-state index is 12.6. The molecule has 0 radical (unpaired) electrons. The molecule has 1 aromatic heterocycles. The van der Waals surface area contributed by atoms with Crippen molar-refractivity contribution in [3.8, 4) is 11.3 Å². The van der Waals surface area contributed by atoms with Crippen molar-refractivity contribution in [3.05, 3.63) is 41.3 Å². The van der Waals surface area contributed by atoms with Gasteiger partial charge in [0.15, 0.2) is 0 Å². The Morgan fingerprint density at radius 3 is 2.31 bits per heavy atom. The van der Waals surface area contributed by atoms with Crippen LogP contribution >= 0.6 is 15.9 Å². The smallest absolute Gasteiger partial charge is 0.239 e. The van der Waals surface area contributed by atoms with E-state index in [1.807, 2.05) is 0 Å². The van der Waals surface area contributed by atoms with Crippen molar-refractivity contribution in [1.82, 2.24) is 9.55 Å². The molecule has 0 saturated heterocycles. The Morgan fingerprint density at radius 1 is 1.12 bits per heavy atom. The van der Waals surface area contributed by atoms with Gasteiger partial charge in [-0.05, 0) is 15.9 Å². The zero-order valence-corrected chi connectivity index (χ0v) is 9.46. The fourth-order valence-corrected chi connectivity index (χ4v) is 1.88. The first-order chi connectivity index (χ1) is 7.50. The maximum absolute atomic E-state index is 12.6. The van der Waals surface area contributed by atoms with Gasteiger partial charge in [-0.2, -0.15) is 0 Å². The summed E-state index contributed by atoms with van der Waals surface area (Å²) in [7, 11) is 0. The highest BCUT2D eigenvalue weighted by atomic mass is 79.9. The van der Waals surface area contributed by atoms with Gasteiger partial charge in [-0.3, -0.25) is 0 Å². The zero-order valence-electron chi connectivity index (χ0n) is 7.87. The molecule has 0 aliphatic carbocycles. The summed E-state index contributed by atoms with van der Waals surface area (Å²) in [6, 6.07) is 8.30. The predicted molar refractivity (Wildman–Crippen MR) is 56.7 cm³/mol. The number of halogens is 4. The summed E-state index contributed by atoms with van der Waals surface area (Å²) in [5.74, 6) is 0. The Balaban J connectivity index is 2.61. The van der Waals surface area contributed by atoms with E-state index in [1.165, 1.54) is 0 Å². The lowest BCUT2D eigenvalue weighted by atomic mass is 10.2. The fraction of sp³-hybridized carbons (Fsp3) is 0.100. The number of alkyl halides is 3. The second-order valence-corrected chi connectivity index (χ2v) is 3.84. The van der Waals surface area contributed by atoms with Gasteiger partial charge in [0.2, 0.25) is 0 Å². The minimum Gasteiger partial charge on any atom is -0.239 e. The summed E-state index contributed by atoms with van der Waals surface area (Å²) >= 11 is 3.01. The SMILES string of the molecule is FC(F)(F)n1cnc(Br)c1-c1ccccc1. The van der Waals surface area contributed by atoms with Crippen molar-refractivity contribution >= 4 is 15.9 Å². The standard InChI is InChI=1S/C10H6BrF3N2/c11-9-8(7-4-2-1-3-5-7)16(6-15-9)10(12,13)14/h1-6H. The van der Waals surface area contributed by atoms with Crippen LogP contribution < -0.4 is 0 Å². The molecule has 0 bridgehead atoms. The molecule has 16 heavy (non-hydrogen) atoms. The second kappa shape index (κ2) is 3.93. The van der Waals surface area contributed by atoms with Gasteiger partial charge < -0.3 is 0 Å². The van der Waals surface area contributed by atoms with Gasteiger partial charge in [0.1, 0.15) is 10.9 Å². The molecule has 2 rings (SSSR count). The first kappa shape index (κ1) is 11.2. The number of nitrogens with zero attached hydrogens (tertiary/aromatic N) is 2. The van der Waals surface area contributed by atoms with Crippen LogP contribution in [0.25, 0.3) is 11.3 Å². The number of imidazole rings is 1. The lowest BCUT2D eigenvalue weighted by Crippen LogP contribution is -2.16. The molecule has 2 aromatic rings. The Hall–Kier alpha value is -1.30. The van der Waals surface area contributed by atoms with Crippen molar-refractivity contribution in [2.45, 2.75) is 6.30 Å². The molecule has 0 aliphatic rings. The predicted octanol–water partition coefficient (Wildman–Crippen LogP) is 3.79. The molecule has 6 heteroatoms. The number of rotatable bonds is 1. The summed E-state index contributed by atoms with van der Waals surface area (Å²) in [4.78, 5) is 3.62. The number of hydrogen-bond acceptors (Lipinski definition) is 1. The van der Waals surface area contributed by atoms with E-state index < -0.39 is 6.30 Å².